The Balaban J connectivity index is 1.76. The van der Waals surface area contributed by atoms with E-state index in [4.69, 9.17) is 33.3 Å². The fraction of sp³-hybridized carbons (Fsp3) is 0.292. The van der Waals surface area contributed by atoms with Crippen molar-refractivity contribution >= 4 is 34.5 Å². The van der Waals surface area contributed by atoms with Gasteiger partial charge in [0.15, 0.2) is 5.11 Å². The molecule has 0 bridgehead atoms. The van der Waals surface area contributed by atoms with E-state index in [0.717, 1.165) is 53.3 Å². The third kappa shape index (κ3) is 4.65. The van der Waals surface area contributed by atoms with E-state index in [1.807, 2.05) is 42.5 Å². The number of nitrogens with zero attached hydrogens (tertiary/aromatic N) is 3. The second-order valence-electron chi connectivity index (χ2n) is 7.58. The molecule has 160 valence electrons. The molecule has 1 aliphatic heterocycles. The molecule has 2 heterocycles. The minimum absolute atomic E-state index is 0.163. The summed E-state index contributed by atoms with van der Waals surface area (Å²) in [4.78, 5) is 6.87. The summed E-state index contributed by atoms with van der Waals surface area (Å²) in [5.41, 5.74) is 3.89. The lowest BCUT2D eigenvalue weighted by Gasteiger charge is -2.37. The first-order valence-corrected chi connectivity index (χ1v) is 11.3. The van der Waals surface area contributed by atoms with E-state index < -0.39 is 0 Å². The molecule has 0 saturated carbocycles. The summed E-state index contributed by atoms with van der Waals surface area (Å²) in [6.45, 7) is 5.13. The number of hydrogen-bond donors (Lipinski definition) is 1. The van der Waals surface area contributed by atoms with Crippen molar-refractivity contribution in [3.8, 4) is 11.4 Å². The number of benzene rings is 2. The highest BCUT2D eigenvalue weighted by atomic mass is 35.5. The number of hydrogen-bond acceptors (Lipinski definition) is 4. The van der Waals surface area contributed by atoms with Gasteiger partial charge in [-0.2, -0.15) is 4.98 Å². The van der Waals surface area contributed by atoms with Crippen molar-refractivity contribution < 1.29 is 4.52 Å². The molecule has 0 saturated heterocycles. The van der Waals surface area contributed by atoms with Gasteiger partial charge in [-0.25, -0.2) is 0 Å². The molecule has 2 aromatic carbocycles. The van der Waals surface area contributed by atoms with E-state index in [9.17, 15) is 0 Å². The molecule has 1 N–H and O–H groups in total. The normalized spacial score (nSPS) is 16.5. The SMILES string of the molecule is CCCCCN1C(=S)NC(c2ccccc2)C(c2nc(-c3cccc(Cl)c3)no2)=C1C. The lowest BCUT2D eigenvalue weighted by atomic mass is 9.94. The van der Waals surface area contributed by atoms with Crippen LogP contribution in [0.15, 0.2) is 64.8 Å². The highest BCUT2D eigenvalue weighted by Crippen LogP contribution is 2.37. The average molecular weight is 453 g/mol. The van der Waals surface area contributed by atoms with Crippen LogP contribution in [-0.4, -0.2) is 26.7 Å². The molecule has 3 aromatic rings. The highest BCUT2D eigenvalue weighted by molar-refractivity contribution is 7.80. The molecule has 4 rings (SSSR count). The summed E-state index contributed by atoms with van der Waals surface area (Å²) >= 11 is 11.9. The van der Waals surface area contributed by atoms with E-state index in [2.05, 4.69) is 41.4 Å². The van der Waals surface area contributed by atoms with Crippen molar-refractivity contribution in [2.45, 2.75) is 39.2 Å². The van der Waals surface area contributed by atoms with Gasteiger partial charge in [0.1, 0.15) is 0 Å². The van der Waals surface area contributed by atoms with Gasteiger partial charge >= 0.3 is 0 Å². The standard InChI is InChI=1S/C24H25ClN4OS/c1-3-4-8-14-29-16(2)20(21(26-24(29)31)17-10-6-5-7-11-17)23-27-22(28-30-23)18-12-9-13-19(25)15-18/h5-7,9-13,15,21H,3-4,8,14H2,1-2H3,(H,26,31). The Kier molecular flexibility index (Phi) is 6.68. The van der Waals surface area contributed by atoms with Crippen molar-refractivity contribution in [3.63, 3.8) is 0 Å². The van der Waals surface area contributed by atoms with Crippen LogP contribution in [0.4, 0.5) is 0 Å². The first-order chi connectivity index (χ1) is 15.1. The van der Waals surface area contributed by atoms with Gasteiger partial charge in [0.2, 0.25) is 5.82 Å². The minimum atomic E-state index is -0.163. The lowest BCUT2D eigenvalue weighted by Crippen LogP contribution is -2.46. The van der Waals surface area contributed by atoms with Crippen LogP contribution in [0.3, 0.4) is 0 Å². The number of halogens is 1. The summed E-state index contributed by atoms with van der Waals surface area (Å²) in [6, 6.07) is 17.5. The largest absolute Gasteiger partial charge is 0.351 e. The number of allylic oxidation sites excluding steroid dienone is 1. The highest BCUT2D eigenvalue weighted by Gasteiger charge is 2.33. The van der Waals surface area contributed by atoms with Crippen LogP contribution in [0.2, 0.25) is 5.02 Å². The third-order valence-electron chi connectivity index (χ3n) is 5.45. The van der Waals surface area contributed by atoms with Gasteiger partial charge in [-0.15, -0.1) is 0 Å². The maximum atomic E-state index is 6.15. The molecule has 0 aliphatic carbocycles. The average Bonchev–Trinajstić information content (AvgIpc) is 3.26. The van der Waals surface area contributed by atoms with Crippen LogP contribution >= 0.6 is 23.8 Å². The van der Waals surface area contributed by atoms with Gasteiger partial charge in [0, 0.05) is 22.8 Å². The topological polar surface area (TPSA) is 54.2 Å². The predicted molar refractivity (Wildman–Crippen MR) is 128 cm³/mol. The van der Waals surface area contributed by atoms with E-state index >= 15 is 0 Å². The van der Waals surface area contributed by atoms with Crippen molar-refractivity contribution in [1.82, 2.24) is 20.4 Å². The van der Waals surface area contributed by atoms with E-state index in [1.165, 1.54) is 0 Å². The van der Waals surface area contributed by atoms with E-state index in [0.29, 0.717) is 16.7 Å². The molecule has 7 heteroatoms. The molecular weight excluding hydrogens is 428 g/mol. The van der Waals surface area contributed by atoms with Gasteiger partial charge in [0.25, 0.3) is 5.89 Å². The monoisotopic (exact) mass is 452 g/mol. The zero-order valence-electron chi connectivity index (χ0n) is 17.6. The smallest absolute Gasteiger partial charge is 0.258 e. The number of unbranched alkanes of at least 4 members (excludes halogenated alkanes) is 2. The van der Waals surface area contributed by atoms with E-state index in [-0.39, 0.29) is 6.04 Å². The molecule has 1 aromatic heterocycles. The quantitative estimate of drug-likeness (QED) is 0.338. The van der Waals surface area contributed by atoms with Crippen molar-refractivity contribution in [2.24, 2.45) is 0 Å². The Hall–Kier alpha value is -2.70. The molecule has 0 radical (unpaired) electrons. The van der Waals surface area contributed by atoms with Crippen LogP contribution < -0.4 is 5.32 Å². The number of rotatable bonds is 7. The van der Waals surface area contributed by atoms with E-state index in [1.54, 1.807) is 0 Å². The zero-order valence-corrected chi connectivity index (χ0v) is 19.2. The molecule has 0 spiro atoms. The van der Waals surface area contributed by atoms with Crippen LogP contribution in [0.25, 0.3) is 17.0 Å². The third-order valence-corrected chi connectivity index (χ3v) is 6.03. The van der Waals surface area contributed by atoms with Crippen molar-refractivity contribution in [1.29, 1.82) is 0 Å². The van der Waals surface area contributed by atoms with Gasteiger partial charge in [0.05, 0.1) is 11.6 Å². The number of thiocarbonyl (C=S) groups is 1. The molecule has 1 atom stereocenters. The maximum absolute atomic E-state index is 6.15. The van der Waals surface area contributed by atoms with Crippen molar-refractivity contribution in [2.75, 3.05) is 6.54 Å². The molecule has 5 nitrogen and oxygen atoms in total. The summed E-state index contributed by atoms with van der Waals surface area (Å²) in [7, 11) is 0. The molecule has 1 unspecified atom stereocenters. The van der Waals surface area contributed by atoms with Crippen LogP contribution in [0.5, 0.6) is 0 Å². The fourth-order valence-electron chi connectivity index (χ4n) is 3.82. The predicted octanol–water partition coefficient (Wildman–Crippen LogP) is 6.24. The van der Waals surface area contributed by atoms with Gasteiger partial charge in [-0.05, 0) is 43.3 Å². The van der Waals surface area contributed by atoms with Gasteiger partial charge in [-0.1, -0.05) is 79.0 Å². The molecule has 0 amide bonds. The zero-order chi connectivity index (χ0) is 21.8. The first kappa shape index (κ1) is 21.5. The second-order valence-corrected chi connectivity index (χ2v) is 8.41. The summed E-state index contributed by atoms with van der Waals surface area (Å²) in [6.07, 6.45) is 3.38. The molecule has 31 heavy (non-hydrogen) atoms. The summed E-state index contributed by atoms with van der Waals surface area (Å²) < 4.78 is 5.76. The van der Waals surface area contributed by atoms with Gasteiger partial charge in [-0.3, -0.25) is 0 Å². The summed E-state index contributed by atoms with van der Waals surface area (Å²) in [5, 5.41) is 9.08. The van der Waals surface area contributed by atoms with Crippen LogP contribution in [-0.2, 0) is 0 Å². The lowest BCUT2D eigenvalue weighted by molar-refractivity contribution is 0.395. The minimum Gasteiger partial charge on any atom is -0.351 e. The maximum Gasteiger partial charge on any atom is 0.258 e. The molecular formula is C24H25ClN4OS. The Morgan fingerprint density at radius 2 is 1.94 bits per heavy atom. The fourth-order valence-corrected chi connectivity index (χ4v) is 4.36. The van der Waals surface area contributed by atoms with Crippen LogP contribution in [0, 0.1) is 0 Å². The Morgan fingerprint density at radius 1 is 1.13 bits per heavy atom. The number of nitrogens with one attached hydrogen (secondary N) is 1. The first-order valence-electron chi connectivity index (χ1n) is 10.5. The van der Waals surface area contributed by atoms with Gasteiger partial charge < -0.3 is 14.7 Å². The van der Waals surface area contributed by atoms with Crippen molar-refractivity contribution in [3.05, 3.63) is 76.8 Å². The Bertz CT molecular complexity index is 1100. The second kappa shape index (κ2) is 9.62. The summed E-state index contributed by atoms with van der Waals surface area (Å²) in [5.74, 6) is 0.993. The Morgan fingerprint density at radius 3 is 2.68 bits per heavy atom. The molecule has 0 fully saturated rings. The molecule has 1 aliphatic rings. The number of aromatic nitrogens is 2. The Labute approximate surface area is 193 Å². The van der Waals surface area contributed by atoms with Crippen LogP contribution in [0.1, 0.15) is 50.6 Å².